The highest BCUT2D eigenvalue weighted by Crippen LogP contribution is 2.35. The molecule has 0 N–H and O–H groups in total. The molecule has 4 rings (SSSR count). The van der Waals surface area contributed by atoms with Crippen molar-refractivity contribution in [1.82, 2.24) is 4.90 Å². The van der Waals surface area contributed by atoms with Gasteiger partial charge >= 0.3 is 10.1 Å². The minimum Gasteiger partial charge on any atom is -0.490 e. The quantitative estimate of drug-likeness (QED) is 0.122. The molecule has 3 aromatic carbocycles. The molecule has 0 atom stereocenters. The minimum absolute atomic E-state index is 0.0319. The number of para-hydroxylation sites is 1. The number of ether oxygens (including phenoxy) is 1. The van der Waals surface area contributed by atoms with E-state index in [2.05, 4.69) is 15.9 Å². The summed E-state index contributed by atoms with van der Waals surface area (Å²) < 4.78 is 36.1. The molecule has 1 heterocycles. The lowest BCUT2D eigenvalue weighted by atomic mass is 10.2. The van der Waals surface area contributed by atoms with Crippen molar-refractivity contribution < 1.29 is 31.9 Å². The number of hydrogen-bond acceptors (Lipinski definition) is 9. The van der Waals surface area contributed by atoms with Crippen molar-refractivity contribution in [2.75, 3.05) is 13.2 Å². The van der Waals surface area contributed by atoms with Crippen LogP contribution in [0.3, 0.4) is 0 Å². The third-order valence-corrected chi connectivity index (χ3v) is 8.16. The molecule has 0 unspecified atom stereocenters. The summed E-state index contributed by atoms with van der Waals surface area (Å²) >= 11 is 10.1. The zero-order valence-electron chi connectivity index (χ0n) is 19.1. The number of nitrogens with zero attached hydrogens (tertiary/aromatic N) is 2. The van der Waals surface area contributed by atoms with Crippen LogP contribution in [0.2, 0.25) is 5.02 Å². The van der Waals surface area contributed by atoms with Gasteiger partial charge in [-0.05, 0) is 75.7 Å². The predicted octanol–water partition coefficient (Wildman–Crippen LogP) is 5.89. The van der Waals surface area contributed by atoms with Crippen LogP contribution in [0.1, 0.15) is 5.56 Å². The Labute approximate surface area is 234 Å². The number of hydrogen-bond donors (Lipinski definition) is 0. The molecule has 0 spiro atoms. The van der Waals surface area contributed by atoms with Crippen molar-refractivity contribution >= 4 is 72.3 Å². The number of non-ortho nitro benzene ring substituents is 1. The van der Waals surface area contributed by atoms with Gasteiger partial charge in [0.15, 0.2) is 5.75 Å². The number of nitro groups is 1. The standard InChI is InChI=1S/C24H16BrClN2O8S2/c25-18-13-15(5-10-20(18)36-38(33,34)17-8-6-16(7-9-17)28(31)32)14-22-23(29)27(24(30)37-22)11-12-35-21-4-2-1-3-19(21)26/h1-10,13-14H,11-12H2/b22-14-. The second-order valence-corrected chi connectivity index (χ2v) is 11.4. The fourth-order valence-corrected chi connectivity index (χ4v) is 5.82. The van der Waals surface area contributed by atoms with Crippen LogP contribution < -0.4 is 8.92 Å². The largest absolute Gasteiger partial charge is 0.490 e. The molecule has 0 saturated carbocycles. The predicted molar refractivity (Wildman–Crippen MR) is 145 cm³/mol. The van der Waals surface area contributed by atoms with Gasteiger partial charge in [0.2, 0.25) is 0 Å². The number of halogens is 2. The van der Waals surface area contributed by atoms with E-state index in [9.17, 15) is 28.1 Å². The number of imide groups is 1. The van der Waals surface area contributed by atoms with Crippen LogP contribution in [-0.4, -0.2) is 42.5 Å². The molecule has 1 aliphatic heterocycles. The van der Waals surface area contributed by atoms with Crippen LogP contribution in [0.15, 0.2) is 81.0 Å². The van der Waals surface area contributed by atoms with Crippen molar-refractivity contribution in [3.05, 3.63) is 96.8 Å². The van der Waals surface area contributed by atoms with E-state index in [1.54, 1.807) is 24.3 Å². The smallest absolute Gasteiger partial charge is 0.339 e. The lowest BCUT2D eigenvalue weighted by Gasteiger charge is -2.13. The van der Waals surface area contributed by atoms with Crippen LogP contribution in [0.5, 0.6) is 11.5 Å². The summed E-state index contributed by atoms with van der Waals surface area (Å²) in [6.45, 7) is 0.0973. The lowest BCUT2D eigenvalue weighted by molar-refractivity contribution is -0.384. The van der Waals surface area contributed by atoms with E-state index in [-0.39, 0.29) is 38.9 Å². The Hall–Kier alpha value is -3.39. The van der Waals surface area contributed by atoms with Gasteiger partial charge in [-0.1, -0.05) is 29.8 Å². The van der Waals surface area contributed by atoms with Gasteiger partial charge in [0, 0.05) is 12.1 Å². The van der Waals surface area contributed by atoms with E-state index in [0.717, 1.165) is 40.9 Å². The first-order chi connectivity index (χ1) is 18.0. The molecule has 3 aromatic rings. The first-order valence-electron chi connectivity index (χ1n) is 10.7. The SMILES string of the molecule is O=C1S/C(=C\c2ccc(OS(=O)(=O)c3ccc([N+](=O)[O-])cc3)c(Br)c2)C(=O)N1CCOc1ccccc1Cl. The van der Waals surface area contributed by atoms with E-state index in [0.29, 0.717) is 16.3 Å². The van der Waals surface area contributed by atoms with Crippen LogP contribution in [0, 0.1) is 10.1 Å². The van der Waals surface area contributed by atoms with Crippen LogP contribution in [0.4, 0.5) is 10.5 Å². The highest BCUT2D eigenvalue weighted by atomic mass is 79.9. The summed E-state index contributed by atoms with van der Waals surface area (Å²) in [7, 11) is -4.27. The maximum atomic E-state index is 12.8. The third kappa shape index (κ3) is 6.35. The van der Waals surface area contributed by atoms with E-state index >= 15 is 0 Å². The number of carbonyl (C=O) groups is 2. The number of carbonyl (C=O) groups excluding carboxylic acids is 2. The van der Waals surface area contributed by atoms with Gasteiger partial charge in [0.25, 0.3) is 16.8 Å². The molecular formula is C24H16BrClN2O8S2. The van der Waals surface area contributed by atoms with E-state index in [1.807, 2.05) is 0 Å². The molecule has 38 heavy (non-hydrogen) atoms. The van der Waals surface area contributed by atoms with E-state index in [4.69, 9.17) is 20.5 Å². The van der Waals surface area contributed by atoms with E-state index < -0.39 is 26.2 Å². The molecule has 1 saturated heterocycles. The van der Waals surface area contributed by atoms with Crippen molar-refractivity contribution in [2.45, 2.75) is 4.90 Å². The second-order valence-electron chi connectivity index (χ2n) is 7.59. The molecule has 1 aliphatic rings. The van der Waals surface area contributed by atoms with Gasteiger partial charge in [0.05, 0.1) is 25.9 Å². The van der Waals surface area contributed by atoms with Crippen LogP contribution in [-0.2, 0) is 14.9 Å². The topological polar surface area (TPSA) is 133 Å². The Kier molecular flexibility index (Phi) is 8.41. The van der Waals surface area contributed by atoms with Gasteiger partial charge in [-0.25, -0.2) is 0 Å². The summed E-state index contributed by atoms with van der Waals surface area (Å²) in [5.41, 5.74) is 0.252. The van der Waals surface area contributed by atoms with Gasteiger partial charge in [-0.2, -0.15) is 8.42 Å². The number of nitro benzene ring substituents is 1. The van der Waals surface area contributed by atoms with Gasteiger partial charge in [-0.15, -0.1) is 0 Å². The Morgan fingerprint density at radius 3 is 2.42 bits per heavy atom. The van der Waals surface area contributed by atoms with Gasteiger partial charge < -0.3 is 8.92 Å². The zero-order valence-corrected chi connectivity index (χ0v) is 23.1. The van der Waals surface area contributed by atoms with Crippen LogP contribution >= 0.6 is 39.3 Å². The van der Waals surface area contributed by atoms with Gasteiger partial charge in [-0.3, -0.25) is 24.6 Å². The van der Waals surface area contributed by atoms with Crippen molar-refractivity contribution in [3.63, 3.8) is 0 Å². The fourth-order valence-electron chi connectivity index (χ4n) is 3.23. The average Bonchev–Trinajstić information content (AvgIpc) is 3.14. The van der Waals surface area contributed by atoms with Crippen molar-refractivity contribution in [1.29, 1.82) is 0 Å². The van der Waals surface area contributed by atoms with E-state index in [1.165, 1.54) is 24.3 Å². The Bertz CT molecular complexity index is 1560. The maximum absolute atomic E-state index is 12.8. The lowest BCUT2D eigenvalue weighted by Crippen LogP contribution is -2.32. The normalized spacial score (nSPS) is 14.7. The summed E-state index contributed by atoms with van der Waals surface area (Å²) in [5, 5.41) is 10.8. The molecule has 0 aliphatic carbocycles. The third-order valence-electron chi connectivity index (χ3n) is 5.07. The molecule has 14 heteroatoms. The molecule has 1 fully saturated rings. The summed E-state index contributed by atoms with van der Waals surface area (Å²) in [4.78, 5) is 36.3. The minimum atomic E-state index is -4.27. The van der Waals surface area contributed by atoms with Crippen molar-refractivity contribution in [3.8, 4) is 11.5 Å². The Morgan fingerprint density at radius 1 is 1.05 bits per heavy atom. The highest BCUT2D eigenvalue weighted by Gasteiger charge is 2.35. The molecule has 2 amide bonds. The number of benzene rings is 3. The molecular weight excluding hydrogens is 624 g/mol. The van der Waals surface area contributed by atoms with Gasteiger partial charge in [0.1, 0.15) is 17.3 Å². The maximum Gasteiger partial charge on any atom is 0.339 e. The highest BCUT2D eigenvalue weighted by molar-refractivity contribution is 9.10. The number of amides is 2. The number of rotatable bonds is 9. The monoisotopic (exact) mass is 638 g/mol. The number of thioether (sulfide) groups is 1. The summed E-state index contributed by atoms with van der Waals surface area (Å²) in [6.07, 6.45) is 1.50. The second kappa shape index (κ2) is 11.6. The Morgan fingerprint density at radius 2 is 1.76 bits per heavy atom. The molecule has 0 radical (unpaired) electrons. The molecule has 0 bridgehead atoms. The summed E-state index contributed by atoms with van der Waals surface area (Å²) in [5.74, 6) is -0.0790. The Balaban J connectivity index is 1.42. The van der Waals surface area contributed by atoms with Crippen LogP contribution in [0.25, 0.3) is 6.08 Å². The fraction of sp³-hybridized carbons (Fsp3) is 0.0833. The molecule has 196 valence electrons. The van der Waals surface area contributed by atoms with Crippen molar-refractivity contribution in [2.24, 2.45) is 0 Å². The zero-order chi connectivity index (χ0) is 27.4. The summed E-state index contributed by atoms with van der Waals surface area (Å²) in [6, 6.07) is 15.5. The average molecular weight is 640 g/mol. The first-order valence-corrected chi connectivity index (χ1v) is 14.1. The molecule has 10 nitrogen and oxygen atoms in total. The molecule has 0 aromatic heterocycles. The first kappa shape index (κ1) is 27.6.